The Labute approximate surface area is 121 Å². The van der Waals surface area contributed by atoms with Crippen molar-refractivity contribution in [3.05, 3.63) is 11.9 Å². The van der Waals surface area contributed by atoms with Crippen LogP contribution in [0.25, 0.3) is 0 Å². The van der Waals surface area contributed by atoms with Gasteiger partial charge >= 0.3 is 0 Å². The Balaban J connectivity index is 1.40. The van der Waals surface area contributed by atoms with Gasteiger partial charge in [-0.25, -0.2) is 0 Å². The van der Waals surface area contributed by atoms with Gasteiger partial charge in [-0.1, -0.05) is 24.5 Å². The van der Waals surface area contributed by atoms with Gasteiger partial charge in [-0.2, -0.15) is 0 Å². The molecule has 1 aromatic rings. The first-order chi connectivity index (χ1) is 9.81. The summed E-state index contributed by atoms with van der Waals surface area (Å²) in [6, 6.07) is 1.51. The van der Waals surface area contributed by atoms with Crippen LogP contribution in [-0.4, -0.2) is 45.6 Å². The minimum Gasteiger partial charge on any atom is -0.308 e. The van der Waals surface area contributed by atoms with Gasteiger partial charge in [-0.05, 0) is 32.7 Å². The molecule has 0 saturated heterocycles. The molecule has 0 aromatic carbocycles. The lowest BCUT2D eigenvalue weighted by Crippen LogP contribution is -2.35. The summed E-state index contributed by atoms with van der Waals surface area (Å²) >= 11 is 0. The van der Waals surface area contributed by atoms with Crippen LogP contribution in [0, 0.1) is 0 Å². The normalized spacial score (nSPS) is 20.7. The molecule has 2 aliphatic rings. The minimum absolute atomic E-state index is 0.734. The van der Waals surface area contributed by atoms with Crippen molar-refractivity contribution in [3.8, 4) is 0 Å². The molecule has 2 saturated carbocycles. The second-order valence-corrected chi connectivity index (χ2v) is 6.40. The van der Waals surface area contributed by atoms with Crippen molar-refractivity contribution in [3.63, 3.8) is 0 Å². The molecular formula is C15H27N5. The third kappa shape index (κ3) is 4.03. The highest BCUT2D eigenvalue weighted by Crippen LogP contribution is 2.21. The van der Waals surface area contributed by atoms with E-state index in [0.717, 1.165) is 37.4 Å². The molecule has 2 aliphatic carbocycles. The number of nitrogens with one attached hydrogen (secondary N) is 1. The van der Waals surface area contributed by atoms with E-state index in [0.29, 0.717) is 0 Å². The smallest absolute Gasteiger partial charge is 0.0964 e. The van der Waals surface area contributed by atoms with Crippen LogP contribution in [0.5, 0.6) is 0 Å². The second kappa shape index (κ2) is 6.68. The van der Waals surface area contributed by atoms with Crippen LogP contribution >= 0.6 is 0 Å². The summed E-state index contributed by atoms with van der Waals surface area (Å²) in [5.41, 5.74) is 1.07. The highest BCUT2D eigenvalue weighted by atomic mass is 15.4. The summed E-state index contributed by atoms with van der Waals surface area (Å²) in [4.78, 5) is 2.50. The minimum atomic E-state index is 0.734. The topological polar surface area (TPSA) is 46.0 Å². The average molecular weight is 277 g/mol. The van der Waals surface area contributed by atoms with E-state index in [9.17, 15) is 0 Å². The molecule has 0 atom stereocenters. The van der Waals surface area contributed by atoms with Crippen molar-refractivity contribution in [1.82, 2.24) is 25.2 Å². The summed E-state index contributed by atoms with van der Waals surface area (Å²) < 4.78 is 1.99. The predicted molar refractivity (Wildman–Crippen MR) is 79.4 cm³/mol. The van der Waals surface area contributed by atoms with Crippen molar-refractivity contribution in [1.29, 1.82) is 0 Å². The quantitative estimate of drug-likeness (QED) is 0.825. The van der Waals surface area contributed by atoms with E-state index in [2.05, 4.69) is 33.8 Å². The fraction of sp³-hybridized carbons (Fsp3) is 0.867. The first-order valence-corrected chi connectivity index (χ1v) is 8.14. The van der Waals surface area contributed by atoms with E-state index < -0.39 is 0 Å². The molecule has 5 heteroatoms. The maximum atomic E-state index is 4.24. The number of rotatable bonds is 7. The maximum Gasteiger partial charge on any atom is 0.0964 e. The fourth-order valence-corrected chi connectivity index (χ4v) is 3.03. The highest BCUT2D eigenvalue weighted by molar-refractivity contribution is 4.94. The Morgan fingerprint density at radius 3 is 2.80 bits per heavy atom. The molecule has 0 radical (unpaired) electrons. The number of nitrogens with zero attached hydrogens (tertiary/aromatic N) is 4. The summed E-state index contributed by atoms with van der Waals surface area (Å²) in [6.45, 7) is 2.88. The third-order valence-corrected chi connectivity index (χ3v) is 4.62. The summed E-state index contributed by atoms with van der Waals surface area (Å²) in [5, 5.41) is 11.9. The van der Waals surface area contributed by atoms with Crippen molar-refractivity contribution < 1.29 is 0 Å². The summed E-state index contributed by atoms with van der Waals surface area (Å²) in [5.74, 6) is 0. The zero-order chi connectivity index (χ0) is 13.8. The third-order valence-electron chi connectivity index (χ3n) is 4.62. The van der Waals surface area contributed by atoms with Gasteiger partial charge in [0.2, 0.25) is 0 Å². The van der Waals surface area contributed by atoms with Crippen LogP contribution < -0.4 is 5.32 Å². The number of hydrogen-bond acceptors (Lipinski definition) is 4. The molecule has 20 heavy (non-hydrogen) atoms. The van der Waals surface area contributed by atoms with E-state index in [-0.39, 0.29) is 0 Å². The Kier molecular flexibility index (Phi) is 4.68. The van der Waals surface area contributed by atoms with Gasteiger partial charge in [0.05, 0.1) is 12.2 Å². The van der Waals surface area contributed by atoms with Gasteiger partial charge in [0.15, 0.2) is 0 Å². The van der Waals surface area contributed by atoms with Gasteiger partial charge in [-0.3, -0.25) is 4.68 Å². The Hall–Kier alpha value is -0.940. The largest absolute Gasteiger partial charge is 0.308 e. The van der Waals surface area contributed by atoms with Gasteiger partial charge < -0.3 is 10.2 Å². The van der Waals surface area contributed by atoms with E-state index in [4.69, 9.17) is 0 Å². The fourth-order valence-electron chi connectivity index (χ4n) is 3.03. The zero-order valence-corrected chi connectivity index (χ0v) is 12.6. The molecule has 5 nitrogen and oxygen atoms in total. The number of hydrogen-bond donors (Lipinski definition) is 1. The Morgan fingerprint density at radius 2 is 2.05 bits per heavy atom. The lowest BCUT2D eigenvalue weighted by Gasteiger charge is -2.30. The van der Waals surface area contributed by atoms with Crippen LogP contribution in [-0.2, 0) is 13.1 Å². The van der Waals surface area contributed by atoms with E-state index in [1.165, 1.54) is 44.9 Å². The van der Waals surface area contributed by atoms with E-state index in [1.54, 1.807) is 0 Å². The summed E-state index contributed by atoms with van der Waals surface area (Å²) in [7, 11) is 2.25. The van der Waals surface area contributed by atoms with Gasteiger partial charge in [0, 0.05) is 31.4 Å². The van der Waals surface area contributed by atoms with Crippen LogP contribution in [0.1, 0.15) is 50.6 Å². The molecule has 2 fully saturated rings. The SMILES string of the molecule is CN(CCn1cc(CNC2CC2)nn1)C1CCCCC1. The van der Waals surface area contributed by atoms with Crippen molar-refractivity contribution in [2.75, 3.05) is 13.6 Å². The van der Waals surface area contributed by atoms with Crippen LogP contribution in [0.15, 0.2) is 6.20 Å². The Bertz CT molecular complexity index is 406. The molecular weight excluding hydrogens is 250 g/mol. The van der Waals surface area contributed by atoms with Gasteiger partial charge in [0.25, 0.3) is 0 Å². The maximum absolute atomic E-state index is 4.24. The molecule has 0 amide bonds. The standard InChI is InChI=1S/C15H27N5/c1-19(15-5-3-2-4-6-15)9-10-20-12-14(17-18-20)11-16-13-7-8-13/h12-13,15-16H,2-11H2,1H3. The lowest BCUT2D eigenvalue weighted by molar-refractivity contribution is 0.183. The molecule has 1 N–H and O–H groups in total. The zero-order valence-electron chi connectivity index (χ0n) is 12.6. The van der Waals surface area contributed by atoms with E-state index in [1.807, 2.05) is 4.68 Å². The van der Waals surface area contributed by atoms with Crippen LogP contribution in [0.2, 0.25) is 0 Å². The molecule has 0 unspecified atom stereocenters. The monoisotopic (exact) mass is 277 g/mol. The first kappa shape index (κ1) is 14.0. The number of likely N-dealkylation sites (N-methyl/N-ethyl adjacent to an activating group) is 1. The molecule has 0 aliphatic heterocycles. The predicted octanol–water partition coefficient (Wildman–Crippen LogP) is 1.79. The van der Waals surface area contributed by atoms with Crippen LogP contribution in [0.3, 0.4) is 0 Å². The molecule has 1 heterocycles. The van der Waals surface area contributed by atoms with Gasteiger partial charge in [0.1, 0.15) is 0 Å². The number of aromatic nitrogens is 3. The van der Waals surface area contributed by atoms with Crippen LogP contribution in [0.4, 0.5) is 0 Å². The van der Waals surface area contributed by atoms with Crippen molar-refractivity contribution in [2.45, 2.75) is 70.1 Å². The molecule has 0 bridgehead atoms. The second-order valence-electron chi connectivity index (χ2n) is 6.40. The highest BCUT2D eigenvalue weighted by Gasteiger charge is 2.20. The Morgan fingerprint density at radius 1 is 1.25 bits per heavy atom. The van der Waals surface area contributed by atoms with E-state index >= 15 is 0 Å². The summed E-state index contributed by atoms with van der Waals surface area (Å²) in [6.07, 6.45) is 11.7. The molecule has 3 rings (SSSR count). The van der Waals surface area contributed by atoms with Gasteiger partial charge in [-0.15, -0.1) is 5.10 Å². The molecule has 112 valence electrons. The lowest BCUT2D eigenvalue weighted by atomic mass is 9.94. The first-order valence-electron chi connectivity index (χ1n) is 8.14. The molecule has 1 aromatic heterocycles. The average Bonchev–Trinajstić information content (AvgIpc) is 3.22. The molecule has 0 spiro atoms. The van der Waals surface area contributed by atoms with Crippen molar-refractivity contribution >= 4 is 0 Å². The van der Waals surface area contributed by atoms with Crippen molar-refractivity contribution in [2.24, 2.45) is 0 Å².